The van der Waals surface area contributed by atoms with E-state index in [1.165, 1.54) is 37.1 Å². The Balaban J connectivity index is 1.61. The Hall–Kier alpha value is -2.33. The number of thiocarbonyl (C=S) groups is 1. The van der Waals surface area contributed by atoms with E-state index in [0.717, 1.165) is 24.0 Å². The summed E-state index contributed by atoms with van der Waals surface area (Å²) in [4.78, 5) is 8.19. The van der Waals surface area contributed by atoms with Gasteiger partial charge in [0.25, 0.3) is 6.43 Å². The van der Waals surface area contributed by atoms with Gasteiger partial charge in [-0.15, -0.1) is 0 Å². The van der Waals surface area contributed by atoms with Crippen LogP contribution >= 0.6 is 24.0 Å². The summed E-state index contributed by atoms with van der Waals surface area (Å²) in [6.45, 7) is 1.68. The number of methoxy groups -OCH3 is 1. The van der Waals surface area contributed by atoms with Crippen LogP contribution in [-0.2, 0) is 5.75 Å². The molecule has 0 amide bonds. The van der Waals surface area contributed by atoms with Crippen LogP contribution in [0.3, 0.4) is 0 Å². The van der Waals surface area contributed by atoms with Crippen molar-refractivity contribution in [1.82, 2.24) is 20.7 Å². The first-order valence-corrected chi connectivity index (χ1v) is 11.9. The summed E-state index contributed by atoms with van der Waals surface area (Å²) in [5.41, 5.74) is 4.85. The van der Waals surface area contributed by atoms with E-state index < -0.39 is 6.43 Å². The smallest absolute Gasteiger partial charge is 0.280 e. The Morgan fingerprint density at radius 1 is 1.28 bits per heavy atom. The van der Waals surface area contributed by atoms with E-state index in [0.29, 0.717) is 33.5 Å². The Morgan fingerprint density at radius 2 is 2.06 bits per heavy atom. The lowest BCUT2D eigenvalue weighted by molar-refractivity contribution is 0.145. The van der Waals surface area contributed by atoms with Crippen molar-refractivity contribution in [3.8, 4) is 5.75 Å². The number of hydrogen-bond donors (Lipinski definition) is 2. The second-order valence-electron chi connectivity index (χ2n) is 7.56. The fraction of sp³-hybridized carbons (Fsp3) is 0.455. The molecular formula is C22H27F2N5OS2. The summed E-state index contributed by atoms with van der Waals surface area (Å²) in [6.07, 6.45) is 5.07. The van der Waals surface area contributed by atoms with Crippen LogP contribution in [0.4, 0.5) is 8.78 Å². The van der Waals surface area contributed by atoms with Crippen molar-refractivity contribution >= 4 is 35.3 Å². The van der Waals surface area contributed by atoms with Gasteiger partial charge >= 0.3 is 0 Å². The fourth-order valence-corrected chi connectivity index (χ4v) is 4.61. The van der Waals surface area contributed by atoms with Gasteiger partial charge in [0.15, 0.2) is 10.3 Å². The molecule has 0 saturated heterocycles. The fourth-order valence-electron chi connectivity index (χ4n) is 3.51. The van der Waals surface area contributed by atoms with Gasteiger partial charge in [-0.25, -0.2) is 18.7 Å². The Bertz CT molecular complexity index is 952. The van der Waals surface area contributed by atoms with Gasteiger partial charge in [-0.05, 0) is 61.8 Å². The number of hydrazone groups is 1. The molecular weight excluding hydrogens is 452 g/mol. The highest BCUT2D eigenvalue weighted by Crippen LogP contribution is 2.28. The maximum absolute atomic E-state index is 13.0. The number of aryl methyl sites for hydroxylation is 1. The van der Waals surface area contributed by atoms with Crippen LogP contribution in [0.5, 0.6) is 5.75 Å². The second kappa shape index (κ2) is 12.1. The van der Waals surface area contributed by atoms with Gasteiger partial charge in [0.2, 0.25) is 0 Å². The van der Waals surface area contributed by atoms with Crippen LogP contribution in [0, 0.1) is 6.92 Å². The van der Waals surface area contributed by atoms with E-state index in [2.05, 4.69) is 25.8 Å². The van der Waals surface area contributed by atoms with Crippen LogP contribution in [0.1, 0.15) is 61.0 Å². The standard InChI is InChI=1S/C22H27F2N5OS2/c1-14-10-18(20(23)24)28-22(26-14)32-13-16-11-15(8-9-19(16)30-2)12-25-29-21(31)27-17-6-4-3-5-7-17/h8-12,17,20H,3-7,13H2,1-2H3,(H2,27,29,31). The average molecular weight is 480 g/mol. The number of alkyl halides is 2. The molecule has 0 bridgehead atoms. The largest absolute Gasteiger partial charge is 0.496 e. The molecule has 172 valence electrons. The normalized spacial score (nSPS) is 14.7. The quantitative estimate of drug-likeness (QED) is 0.178. The molecule has 0 aliphatic heterocycles. The molecule has 1 aromatic carbocycles. The zero-order chi connectivity index (χ0) is 22.9. The first-order chi connectivity index (χ1) is 15.4. The van der Waals surface area contributed by atoms with Crippen molar-refractivity contribution in [2.75, 3.05) is 7.11 Å². The van der Waals surface area contributed by atoms with Crippen LogP contribution in [0.2, 0.25) is 0 Å². The molecule has 1 fully saturated rings. The summed E-state index contributed by atoms with van der Waals surface area (Å²) < 4.78 is 31.5. The van der Waals surface area contributed by atoms with Crippen molar-refractivity contribution < 1.29 is 13.5 Å². The molecule has 0 unspecified atom stereocenters. The van der Waals surface area contributed by atoms with Gasteiger partial charge in [0, 0.05) is 23.1 Å². The highest BCUT2D eigenvalue weighted by atomic mass is 32.2. The third-order valence-corrected chi connectivity index (χ3v) is 6.16. The zero-order valence-corrected chi connectivity index (χ0v) is 19.7. The van der Waals surface area contributed by atoms with Gasteiger partial charge in [0.1, 0.15) is 11.4 Å². The van der Waals surface area contributed by atoms with Crippen molar-refractivity contribution in [2.24, 2.45) is 5.10 Å². The van der Waals surface area contributed by atoms with Crippen LogP contribution in [0.25, 0.3) is 0 Å². The minimum Gasteiger partial charge on any atom is -0.496 e. The molecule has 1 aromatic heterocycles. The van der Waals surface area contributed by atoms with Crippen molar-refractivity contribution in [3.63, 3.8) is 0 Å². The topological polar surface area (TPSA) is 71.4 Å². The molecule has 1 saturated carbocycles. The van der Waals surface area contributed by atoms with E-state index in [-0.39, 0.29) is 5.69 Å². The number of benzene rings is 1. The molecule has 0 spiro atoms. The number of aromatic nitrogens is 2. The van der Waals surface area contributed by atoms with Crippen LogP contribution in [0.15, 0.2) is 34.5 Å². The maximum atomic E-state index is 13.0. The van der Waals surface area contributed by atoms with Crippen molar-refractivity contribution in [2.45, 2.75) is 62.4 Å². The average Bonchev–Trinajstić information content (AvgIpc) is 2.78. The van der Waals surface area contributed by atoms with E-state index in [1.54, 1.807) is 20.2 Å². The SMILES string of the molecule is COc1ccc(C=NNC(=S)NC2CCCCC2)cc1CSc1nc(C)cc(C(F)F)n1. The minimum absolute atomic E-state index is 0.267. The highest BCUT2D eigenvalue weighted by molar-refractivity contribution is 7.98. The molecule has 2 aromatic rings. The van der Waals surface area contributed by atoms with E-state index in [9.17, 15) is 8.78 Å². The van der Waals surface area contributed by atoms with Crippen LogP contribution < -0.4 is 15.5 Å². The molecule has 1 aliphatic rings. The highest BCUT2D eigenvalue weighted by Gasteiger charge is 2.14. The number of thioether (sulfide) groups is 1. The third-order valence-electron chi connectivity index (χ3n) is 5.06. The molecule has 6 nitrogen and oxygen atoms in total. The first kappa shape index (κ1) is 24.3. The van der Waals surface area contributed by atoms with Crippen molar-refractivity contribution in [3.05, 3.63) is 46.8 Å². The Labute approximate surface area is 196 Å². The van der Waals surface area contributed by atoms with Gasteiger partial charge < -0.3 is 10.1 Å². The van der Waals surface area contributed by atoms with Crippen LogP contribution in [-0.4, -0.2) is 34.4 Å². The number of halogens is 2. The van der Waals surface area contributed by atoms with Gasteiger partial charge in [-0.2, -0.15) is 5.10 Å². The van der Waals surface area contributed by atoms with Gasteiger partial charge in [-0.1, -0.05) is 31.0 Å². The molecule has 0 atom stereocenters. The molecule has 3 rings (SSSR count). The third kappa shape index (κ3) is 7.37. The number of rotatable bonds is 8. The first-order valence-electron chi connectivity index (χ1n) is 10.5. The Kier molecular flexibility index (Phi) is 9.16. The summed E-state index contributed by atoms with van der Waals surface area (Å²) in [6, 6.07) is 7.37. The lowest BCUT2D eigenvalue weighted by Crippen LogP contribution is -2.40. The number of ether oxygens (including phenoxy) is 1. The van der Waals surface area contributed by atoms with E-state index in [4.69, 9.17) is 17.0 Å². The molecule has 10 heteroatoms. The number of nitrogens with zero attached hydrogens (tertiary/aromatic N) is 3. The van der Waals surface area contributed by atoms with Gasteiger partial charge in [-0.3, -0.25) is 5.43 Å². The maximum Gasteiger partial charge on any atom is 0.280 e. The second-order valence-corrected chi connectivity index (χ2v) is 8.91. The number of hydrogen-bond acceptors (Lipinski definition) is 6. The Morgan fingerprint density at radius 3 is 2.78 bits per heavy atom. The van der Waals surface area contributed by atoms with E-state index >= 15 is 0 Å². The zero-order valence-electron chi connectivity index (χ0n) is 18.1. The summed E-state index contributed by atoms with van der Waals surface area (Å²) >= 11 is 6.60. The predicted octanol–water partition coefficient (Wildman–Crippen LogP) is 5.15. The summed E-state index contributed by atoms with van der Waals surface area (Å²) in [7, 11) is 1.59. The summed E-state index contributed by atoms with van der Waals surface area (Å²) in [5.74, 6) is 1.16. The molecule has 1 aliphatic carbocycles. The molecule has 1 heterocycles. The summed E-state index contributed by atoms with van der Waals surface area (Å²) in [5, 5.41) is 8.36. The predicted molar refractivity (Wildman–Crippen MR) is 128 cm³/mol. The van der Waals surface area contributed by atoms with E-state index in [1.807, 2.05) is 18.2 Å². The van der Waals surface area contributed by atoms with Crippen molar-refractivity contribution in [1.29, 1.82) is 0 Å². The molecule has 0 radical (unpaired) electrons. The molecule has 2 N–H and O–H groups in total. The number of nitrogens with one attached hydrogen (secondary N) is 2. The molecule has 32 heavy (non-hydrogen) atoms. The lowest BCUT2D eigenvalue weighted by Gasteiger charge is -2.23. The van der Waals surface area contributed by atoms with Gasteiger partial charge in [0.05, 0.1) is 13.3 Å². The lowest BCUT2D eigenvalue weighted by atomic mass is 9.96. The minimum atomic E-state index is -2.63. The monoisotopic (exact) mass is 479 g/mol.